The number of rotatable bonds is 6. The summed E-state index contributed by atoms with van der Waals surface area (Å²) >= 11 is 0. The fraction of sp³-hybridized carbons (Fsp3) is 0.300. The molecule has 1 N–H and O–H groups in total. The maximum Gasteiger partial charge on any atom is 0.231 e. The van der Waals surface area contributed by atoms with Crippen LogP contribution in [0, 0.1) is 0 Å². The zero-order valence-electron chi connectivity index (χ0n) is 14.9. The van der Waals surface area contributed by atoms with E-state index in [9.17, 15) is 9.59 Å². The van der Waals surface area contributed by atoms with Gasteiger partial charge in [-0.2, -0.15) is 0 Å². The highest BCUT2D eigenvalue weighted by molar-refractivity contribution is 5.92. The fourth-order valence-corrected chi connectivity index (χ4v) is 2.87. The van der Waals surface area contributed by atoms with Crippen molar-refractivity contribution in [2.75, 3.05) is 18.2 Å². The molecule has 0 saturated carbocycles. The second-order valence-electron chi connectivity index (χ2n) is 6.16. The van der Waals surface area contributed by atoms with Crippen LogP contribution >= 0.6 is 0 Å². The van der Waals surface area contributed by atoms with Gasteiger partial charge >= 0.3 is 0 Å². The first kappa shape index (κ1) is 17.8. The Morgan fingerprint density at radius 2 is 1.85 bits per heavy atom. The van der Waals surface area contributed by atoms with Crippen molar-refractivity contribution in [1.29, 1.82) is 0 Å². The molecule has 0 radical (unpaired) electrons. The topological polar surface area (TPSA) is 67.9 Å². The third-order valence-electron chi connectivity index (χ3n) is 4.29. The second kappa shape index (κ2) is 7.91. The molecule has 6 heteroatoms. The number of anilines is 1. The number of carbonyl (C=O) groups is 2. The van der Waals surface area contributed by atoms with Crippen molar-refractivity contribution < 1.29 is 19.1 Å². The summed E-state index contributed by atoms with van der Waals surface area (Å²) in [5, 5.41) is 2.96. The minimum absolute atomic E-state index is 0.0833. The van der Waals surface area contributed by atoms with E-state index in [0.29, 0.717) is 23.7 Å². The Kier molecular flexibility index (Phi) is 5.41. The summed E-state index contributed by atoms with van der Waals surface area (Å²) in [4.78, 5) is 25.9. The summed E-state index contributed by atoms with van der Waals surface area (Å²) in [5.41, 5.74) is 1.73. The highest BCUT2D eigenvalue weighted by atomic mass is 16.7. The summed E-state index contributed by atoms with van der Waals surface area (Å²) in [6, 6.07) is 15.0. The van der Waals surface area contributed by atoms with Gasteiger partial charge in [-0.15, -0.1) is 0 Å². The maximum absolute atomic E-state index is 12.3. The number of benzene rings is 2. The van der Waals surface area contributed by atoms with E-state index in [1.54, 1.807) is 23.1 Å². The van der Waals surface area contributed by atoms with E-state index in [0.717, 1.165) is 5.56 Å². The van der Waals surface area contributed by atoms with Crippen molar-refractivity contribution >= 4 is 17.5 Å². The van der Waals surface area contributed by atoms with Crippen LogP contribution in [0.4, 0.5) is 5.69 Å². The van der Waals surface area contributed by atoms with Crippen LogP contribution in [-0.4, -0.2) is 25.2 Å². The second-order valence-corrected chi connectivity index (χ2v) is 6.16. The van der Waals surface area contributed by atoms with Crippen LogP contribution in [0.3, 0.4) is 0 Å². The van der Waals surface area contributed by atoms with E-state index >= 15 is 0 Å². The van der Waals surface area contributed by atoms with Crippen molar-refractivity contribution in [3.63, 3.8) is 0 Å². The predicted molar refractivity (Wildman–Crippen MR) is 98.2 cm³/mol. The number of nitrogens with zero attached hydrogens (tertiary/aromatic N) is 1. The molecule has 1 aliphatic rings. The van der Waals surface area contributed by atoms with Gasteiger partial charge in [-0.3, -0.25) is 9.59 Å². The number of amides is 2. The molecule has 0 aliphatic carbocycles. The Morgan fingerprint density at radius 3 is 2.58 bits per heavy atom. The summed E-state index contributed by atoms with van der Waals surface area (Å²) in [7, 11) is 0. The molecule has 6 nitrogen and oxygen atoms in total. The van der Waals surface area contributed by atoms with Crippen LogP contribution in [-0.2, 0) is 9.59 Å². The number of nitrogens with one attached hydrogen (secondary N) is 1. The lowest BCUT2D eigenvalue weighted by atomic mass is 10.1. The Labute approximate surface area is 152 Å². The van der Waals surface area contributed by atoms with Crippen LogP contribution in [0.15, 0.2) is 48.5 Å². The molecule has 1 unspecified atom stereocenters. The molecule has 2 aromatic rings. The van der Waals surface area contributed by atoms with Crippen LogP contribution < -0.4 is 19.7 Å². The minimum atomic E-state index is -0.132. The number of hydrogen-bond donors (Lipinski definition) is 1. The van der Waals surface area contributed by atoms with Crippen LogP contribution in [0.2, 0.25) is 0 Å². The van der Waals surface area contributed by atoms with Crippen LogP contribution in [0.1, 0.15) is 31.9 Å². The number of fused-ring (bicyclic) bond motifs is 1. The molecule has 0 bridgehead atoms. The SMILES string of the molecule is CC(=O)N(CCC(=O)NC(C)c1ccccc1)c1ccc2c(c1)OCO2. The molecule has 136 valence electrons. The third-order valence-corrected chi connectivity index (χ3v) is 4.29. The molecule has 2 amide bonds. The molecule has 1 heterocycles. The first-order valence-corrected chi connectivity index (χ1v) is 8.56. The molecule has 2 aromatic carbocycles. The van der Waals surface area contributed by atoms with E-state index in [1.807, 2.05) is 37.3 Å². The quantitative estimate of drug-likeness (QED) is 0.866. The van der Waals surface area contributed by atoms with Gasteiger partial charge in [0.2, 0.25) is 18.6 Å². The third kappa shape index (κ3) is 4.14. The molecule has 0 saturated heterocycles. The predicted octanol–water partition coefficient (Wildman–Crippen LogP) is 3.04. The van der Waals surface area contributed by atoms with Gasteiger partial charge < -0.3 is 19.7 Å². The van der Waals surface area contributed by atoms with Crippen LogP contribution in [0.5, 0.6) is 11.5 Å². The average Bonchev–Trinajstić information content (AvgIpc) is 3.10. The van der Waals surface area contributed by atoms with Gasteiger partial charge in [0.1, 0.15) is 0 Å². The van der Waals surface area contributed by atoms with Gasteiger partial charge in [-0.05, 0) is 24.6 Å². The van der Waals surface area contributed by atoms with E-state index in [2.05, 4.69) is 5.32 Å². The minimum Gasteiger partial charge on any atom is -0.454 e. The van der Waals surface area contributed by atoms with E-state index < -0.39 is 0 Å². The summed E-state index contributed by atoms with van der Waals surface area (Å²) in [6.07, 6.45) is 0.213. The number of hydrogen-bond acceptors (Lipinski definition) is 4. The molecule has 1 aliphatic heterocycles. The smallest absolute Gasteiger partial charge is 0.231 e. The molecule has 0 fully saturated rings. The van der Waals surface area contributed by atoms with E-state index in [4.69, 9.17) is 9.47 Å². The van der Waals surface area contributed by atoms with E-state index in [1.165, 1.54) is 6.92 Å². The van der Waals surface area contributed by atoms with Crippen molar-refractivity contribution in [3.8, 4) is 11.5 Å². The zero-order chi connectivity index (χ0) is 18.5. The first-order chi connectivity index (χ1) is 12.5. The van der Waals surface area contributed by atoms with Crippen molar-refractivity contribution in [2.45, 2.75) is 26.3 Å². The van der Waals surface area contributed by atoms with Gasteiger partial charge in [0.05, 0.1) is 6.04 Å². The molecular weight excluding hydrogens is 332 g/mol. The highest BCUT2D eigenvalue weighted by Gasteiger charge is 2.19. The lowest BCUT2D eigenvalue weighted by molar-refractivity contribution is -0.121. The lowest BCUT2D eigenvalue weighted by Gasteiger charge is -2.22. The van der Waals surface area contributed by atoms with E-state index in [-0.39, 0.29) is 31.1 Å². The summed E-state index contributed by atoms with van der Waals surface area (Å²) in [5.74, 6) is 1.03. The van der Waals surface area contributed by atoms with Gasteiger partial charge in [-0.25, -0.2) is 0 Å². The standard InChI is InChI=1S/C20H22N2O4/c1-14(16-6-4-3-5-7-16)21-20(24)10-11-22(15(2)23)17-8-9-18-19(12-17)26-13-25-18/h3-9,12,14H,10-11,13H2,1-2H3,(H,21,24). The molecular formula is C20H22N2O4. The monoisotopic (exact) mass is 354 g/mol. The fourth-order valence-electron chi connectivity index (χ4n) is 2.87. The summed E-state index contributed by atoms with van der Waals surface area (Å²) < 4.78 is 10.6. The van der Waals surface area contributed by atoms with Crippen molar-refractivity contribution in [3.05, 3.63) is 54.1 Å². The Morgan fingerprint density at radius 1 is 1.12 bits per heavy atom. The Hall–Kier alpha value is -3.02. The Bertz CT molecular complexity index is 792. The zero-order valence-corrected chi connectivity index (χ0v) is 14.9. The number of ether oxygens (including phenoxy) is 2. The van der Waals surface area contributed by atoms with Crippen molar-refractivity contribution in [2.24, 2.45) is 0 Å². The average molecular weight is 354 g/mol. The Balaban J connectivity index is 1.60. The van der Waals surface area contributed by atoms with Crippen molar-refractivity contribution in [1.82, 2.24) is 5.32 Å². The van der Waals surface area contributed by atoms with Crippen LogP contribution in [0.25, 0.3) is 0 Å². The summed E-state index contributed by atoms with van der Waals surface area (Å²) in [6.45, 7) is 3.89. The highest BCUT2D eigenvalue weighted by Crippen LogP contribution is 2.35. The maximum atomic E-state index is 12.3. The molecule has 3 rings (SSSR count). The molecule has 0 spiro atoms. The molecule has 0 aromatic heterocycles. The molecule has 26 heavy (non-hydrogen) atoms. The van der Waals surface area contributed by atoms with Gasteiger partial charge in [0.25, 0.3) is 0 Å². The lowest BCUT2D eigenvalue weighted by Crippen LogP contribution is -2.34. The largest absolute Gasteiger partial charge is 0.454 e. The van der Waals surface area contributed by atoms with Gasteiger partial charge in [-0.1, -0.05) is 30.3 Å². The molecule has 1 atom stereocenters. The van der Waals surface area contributed by atoms with Gasteiger partial charge in [0.15, 0.2) is 11.5 Å². The van der Waals surface area contributed by atoms with Gasteiger partial charge in [0, 0.05) is 31.6 Å². The normalized spacial score (nSPS) is 13.2. The number of carbonyl (C=O) groups excluding carboxylic acids is 2. The first-order valence-electron chi connectivity index (χ1n) is 8.56.